The van der Waals surface area contributed by atoms with Crippen LogP contribution in [0.1, 0.15) is 10.4 Å². The van der Waals surface area contributed by atoms with Gasteiger partial charge in [0, 0.05) is 25.3 Å². The normalized spacial score (nSPS) is 14.3. The molecule has 1 fully saturated rings. The van der Waals surface area contributed by atoms with E-state index in [4.69, 9.17) is 11.5 Å². The molecule has 0 spiro atoms. The van der Waals surface area contributed by atoms with Crippen LogP contribution in [0.2, 0.25) is 0 Å². The molecule has 11 heteroatoms. The number of carboxylic acid groups (broad SMARTS) is 1. The van der Waals surface area contributed by atoms with E-state index in [1.165, 1.54) is 10.6 Å². The van der Waals surface area contributed by atoms with Crippen LogP contribution in [-0.4, -0.2) is 39.8 Å². The summed E-state index contributed by atoms with van der Waals surface area (Å²) in [7, 11) is 0. The maximum Gasteiger partial charge on any atom is 0.341 e. The second-order valence-corrected chi connectivity index (χ2v) is 7.46. The molecular weight excluding hydrogens is 452 g/mol. The molecule has 0 saturated carbocycles. The number of pyridine rings is 2. The predicted molar refractivity (Wildman–Crippen MR) is 107 cm³/mol. The van der Waals surface area contributed by atoms with Gasteiger partial charge >= 0.3 is 5.97 Å². The number of nitrogens with two attached hydrogens (primary N) is 2. The fourth-order valence-electron chi connectivity index (χ4n) is 3.30. The fraction of sp³-hybridized carbons (Fsp3) is 0.167. The molecule has 150 valence electrons. The molecule has 5 N–H and O–H groups in total. The zero-order chi connectivity index (χ0) is 21.0. The molecule has 3 aromatic rings. The van der Waals surface area contributed by atoms with Crippen LogP contribution < -0.4 is 21.8 Å². The second-order valence-electron chi connectivity index (χ2n) is 6.67. The molecule has 29 heavy (non-hydrogen) atoms. The van der Waals surface area contributed by atoms with Crippen LogP contribution in [-0.2, 0) is 0 Å². The highest BCUT2D eigenvalue weighted by molar-refractivity contribution is 9.10. The van der Waals surface area contributed by atoms with Gasteiger partial charge in [-0.1, -0.05) is 0 Å². The van der Waals surface area contributed by atoms with Gasteiger partial charge in [-0.05, 0) is 34.1 Å². The van der Waals surface area contributed by atoms with Crippen LogP contribution in [0, 0.1) is 11.6 Å². The van der Waals surface area contributed by atoms with Gasteiger partial charge in [0.2, 0.25) is 5.43 Å². The highest BCUT2D eigenvalue weighted by Crippen LogP contribution is 2.38. The van der Waals surface area contributed by atoms with Crippen LogP contribution in [0.25, 0.3) is 16.7 Å². The van der Waals surface area contributed by atoms with Gasteiger partial charge in [-0.3, -0.25) is 9.36 Å². The molecule has 0 aliphatic carbocycles. The Labute approximate surface area is 170 Å². The Hall–Kier alpha value is -3.05. The van der Waals surface area contributed by atoms with Gasteiger partial charge in [-0.2, -0.15) is 0 Å². The average molecular weight is 466 g/mol. The molecule has 2 aromatic heterocycles. The van der Waals surface area contributed by atoms with E-state index in [1.807, 2.05) is 0 Å². The topological polar surface area (TPSA) is 127 Å². The fourth-order valence-corrected chi connectivity index (χ4v) is 4.15. The summed E-state index contributed by atoms with van der Waals surface area (Å²) >= 11 is 3.34. The van der Waals surface area contributed by atoms with E-state index in [2.05, 4.69) is 20.9 Å². The molecule has 8 nitrogen and oxygen atoms in total. The Balaban J connectivity index is 2.10. The molecule has 1 aliphatic heterocycles. The van der Waals surface area contributed by atoms with Crippen molar-refractivity contribution in [1.82, 2.24) is 9.55 Å². The third-order valence-electron chi connectivity index (χ3n) is 4.72. The number of nitrogen functional groups attached to an aromatic ring is 1. The van der Waals surface area contributed by atoms with Crippen LogP contribution in [0.4, 0.5) is 20.3 Å². The zero-order valence-corrected chi connectivity index (χ0v) is 16.3. The minimum absolute atomic E-state index is 0.0648. The highest BCUT2D eigenvalue weighted by Gasteiger charge is 2.30. The van der Waals surface area contributed by atoms with E-state index in [1.54, 1.807) is 4.90 Å². The van der Waals surface area contributed by atoms with Gasteiger partial charge < -0.3 is 21.5 Å². The Morgan fingerprint density at radius 1 is 1.28 bits per heavy atom. The minimum atomic E-state index is -1.49. The summed E-state index contributed by atoms with van der Waals surface area (Å²) < 4.78 is 29.9. The zero-order valence-electron chi connectivity index (χ0n) is 14.7. The van der Waals surface area contributed by atoms with E-state index in [-0.39, 0.29) is 32.9 Å². The number of halogens is 3. The van der Waals surface area contributed by atoms with Crippen molar-refractivity contribution in [2.45, 2.75) is 6.04 Å². The molecule has 0 amide bonds. The number of aromatic carboxylic acids is 1. The maximum absolute atomic E-state index is 14.8. The van der Waals surface area contributed by atoms with Gasteiger partial charge in [0.15, 0.2) is 11.6 Å². The van der Waals surface area contributed by atoms with E-state index in [9.17, 15) is 23.5 Å². The first-order valence-corrected chi connectivity index (χ1v) is 9.22. The second kappa shape index (κ2) is 6.78. The molecule has 0 bridgehead atoms. The standard InChI is InChI=1S/C18H14BrF2N5O3/c19-13-14-8(3-11(21)15(13)25-4-7(22)5-25)16(27)9(18(28)29)6-26(14)12-2-1-10(20)17(23)24-12/h1-3,6-7H,4-5,22H2,(H2,23,24)(H,28,29). The SMILES string of the molecule is Nc1nc(-n2cc(C(=O)O)c(=O)c3cc(F)c(N4CC(N)C4)c(Br)c32)ccc1F. The Kier molecular flexibility index (Phi) is 4.50. The molecule has 1 saturated heterocycles. The van der Waals surface area contributed by atoms with Crippen LogP contribution >= 0.6 is 15.9 Å². The Bertz CT molecular complexity index is 1240. The van der Waals surface area contributed by atoms with E-state index in [0.717, 1.165) is 18.3 Å². The molecule has 3 heterocycles. The van der Waals surface area contributed by atoms with Gasteiger partial charge in [0.1, 0.15) is 17.2 Å². The van der Waals surface area contributed by atoms with Crippen molar-refractivity contribution in [3.63, 3.8) is 0 Å². The molecule has 1 aliphatic rings. The van der Waals surface area contributed by atoms with E-state index >= 15 is 0 Å². The minimum Gasteiger partial charge on any atom is -0.477 e. The summed E-state index contributed by atoms with van der Waals surface area (Å²) in [5, 5.41) is 9.23. The van der Waals surface area contributed by atoms with Crippen LogP contribution in [0.5, 0.6) is 0 Å². The first-order valence-electron chi connectivity index (χ1n) is 8.42. The number of hydrogen-bond acceptors (Lipinski definition) is 6. The molecular formula is C18H14BrF2N5O3. The lowest BCUT2D eigenvalue weighted by atomic mass is 10.1. The third-order valence-corrected chi connectivity index (χ3v) is 5.47. The van der Waals surface area contributed by atoms with Crippen molar-refractivity contribution in [3.05, 3.63) is 56.3 Å². The first-order chi connectivity index (χ1) is 13.7. The summed E-state index contributed by atoms with van der Waals surface area (Å²) in [5.74, 6) is -3.28. The van der Waals surface area contributed by atoms with Gasteiger partial charge in [-0.15, -0.1) is 0 Å². The number of carbonyl (C=O) groups is 1. The Morgan fingerprint density at radius 3 is 2.55 bits per heavy atom. The molecule has 0 unspecified atom stereocenters. The summed E-state index contributed by atoms with van der Waals surface area (Å²) in [6.45, 7) is 0.834. The summed E-state index contributed by atoms with van der Waals surface area (Å²) in [5.41, 5.74) is 10.2. The maximum atomic E-state index is 14.8. The Morgan fingerprint density at radius 2 is 1.97 bits per heavy atom. The lowest BCUT2D eigenvalue weighted by Gasteiger charge is -2.39. The van der Waals surface area contributed by atoms with Crippen molar-refractivity contribution in [2.75, 3.05) is 23.7 Å². The summed E-state index contributed by atoms with van der Waals surface area (Å²) in [4.78, 5) is 29.9. The van der Waals surface area contributed by atoms with Gasteiger partial charge in [-0.25, -0.2) is 18.6 Å². The van der Waals surface area contributed by atoms with Crippen LogP contribution in [0.15, 0.2) is 33.7 Å². The monoisotopic (exact) mass is 465 g/mol. The van der Waals surface area contributed by atoms with Gasteiger partial charge in [0.25, 0.3) is 0 Å². The predicted octanol–water partition coefficient (Wildman–Crippen LogP) is 1.85. The third kappa shape index (κ3) is 3.02. The van der Waals surface area contributed by atoms with Crippen molar-refractivity contribution in [2.24, 2.45) is 5.73 Å². The smallest absolute Gasteiger partial charge is 0.341 e. The number of carboxylic acids is 1. The first kappa shape index (κ1) is 19.3. The number of aromatic nitrogens is 2. The van der Waals surface area contributed by atoms with Crippen molar-refractivity contribution in [3.8, 4) is 5.82 Å². The number of hydrogen-bond donors (Lipinski definition) is 3. The molecule has 0 atom stereocenters. The van der Waals surface area contributed by atoms with Gasteiger partial charge in [0.05, 0.1) is 21.1 Å². The van der Waals surface area contributed by atoms with Crippen molar-refractivity contribution < 1.29 is 18.7 Å². The van der Waals surface area contributed by atoms with E-state index < -0.39 is 34.4 Å². The molecule has 0 radical (unpaired) electrons. The lowest BCUT2D eigenvalue weighted by molar-refractivity contribution is 0.0695. The van der Waals surface area contributed by atoms with Crippen LogP contribution in [0.3, 0.4) is 0 Å². The van der Waals surface area contributed by atoms with E-state index in [0.29, 0.717) is 13.1 Å². The number of nitrogens with zero attached hydrogens (tertiary/aromatic N) is 3. The number of anilines is 2. The average Bonchev–Trinajstić information content (AvgIpc) is 2.63. The quantitative estimate of drug-likeness (QED) is 0.538. The summed E-state index contributed by atoms with van der Waals surface area (Å²) in [6.07, 6.45) is 1.06. The summed E-state index contributed by atoms with van der Waals surface area (Å²) in [6, 6.07) is 3.22. The largest absolute Gasteiger partial charge is 0.477 e. The lowest BCUT2D eigenvalue weighted by Crippen LogP contribution is -2.56. The highest BCUT2D eigenvalue weighted by atomic mass is 79.9. The number of fused-ring (bicyclic) bond motifs is 1. The molecule has 4 rings (SSSR count). The molecule has 1 aromatic carbocycles. The van der Waals surface area contributed by atoms with Crippen molar-refractivity contribution >= 4 is 44.3 Å². The number of benzene rings is 1. The number of rotatable bonds is 3. The van der Waals surface area contributed by atoms with Crippen molar-refractivity contribution in [1.29, 1.82) is 0 Å².